The van der Waals surface area contributed by atoms with E-state index in [0.29, 0.717) is 17.0 Å². The topological polar surface area (TPSA) is 127 Å². The summed E-state index contributed by atoms with van der Waals surface area (Å²) in [7, 11) is -2.13. The van der Waals surface area contributed by atoms with E-state index in [1.54, 1.807) is 48.4 Å². The number of aryl methyl sites for hydroxylation is 1. The van der Waals surface area contributed by atoms with Crippen LogP contribution in [0.4, 0.5) is 11.4 Å². The first-order valence-corrected chi connectivity index (χ1v) is 11.0. The van der Waals surface area contributed by atoms with Gasteiger partial charge in [-0.2, -0.15) is 10.2 Å². The van der Waals surface area contributed by atoms with Gasteiger partial charge >= 0.3 is 0 Å². The molecule has 0 saturated heterocycles. The van der Waals surface area contributed by atoms with Gasteiger partial charge in [-0.05, 0) is 26.0 Å². The first kappa shape index (κ1) is 20.8. The van der Waals surface area contributed by atoms with Gasteiger partial charge in [0, 0.05) is 30.4 Å². The normalized spacial score (nSPS) is 12.3. The van der Waals surface area contributed by atoms with Crippen LogP contribution in [0.2, 0.25) is 0 Å². The fourth-order valence-corrected chi connectivity index (χ4v) is 4.14. The predicted octanol–water partition coefficient (Wildman–Crippen LogP) is 2.14. The molecule has 31 heavy (non-hydrogen) atoms. The fourth-order valence-electron chi connectivity index (χ4n) is 3.14. The van der Waals surface area contributed by atoms with Gasteiger partial charge in [0.1, 0.15) is 4.90 Å². The number of aromatic nitrogens is 5. The van der Waals surface area contributed by atoms with Crippen molar-refractivity contribution in [2.75, 3.05) is 16.6 Å². The lowest BCUT2D eigenvalue weighted by atomic mass is 10.1. The van der Waals surface area contributed by atoms with E-state index in [0.717, 1.165) is 11.1 Å². The number of benzene rings is 1. The molecule has 0 bridgehead atoms. The predicted molar refractivity (Wildman–Crippen MR) is 118 cm³/mol. The molecule has 0 spiro atoms. The van der Waals surface area contributed by atoms with E-state index in [-0.39, 0.29) is 11.5 Å². The van der Waals surface area contributed by atoms with Crippen LogP contribution in [0, 0.1) is 0 Å². The van der Waals surface area contributed by atoms with E-state index in [4.69, 9.17) is 0 Å². The maximum atomic E-state index is 13.0. The number of nitrogens with zero attached hydrogens (tertiary/aromatic N) is 5. The van der Waals surface area contributed by atoms with Crippen LogP contribution in [0.1, 0.15) is 13.8 Å². The zero-order valence-electron chi connectivity index (χ0n) is 17.3. The lowest BCUT2D eigenvalue weighted by Crippen LogP contribution is -2.34. The van der Waals surface area contributed by atoms with Crippen LogP contribution in [0.5, 0.6) is 0 Å². The minimum atomic E-state index is -3.88. The molecule has 3 heterocycles. The Kier molecular flexibility index (Phi) is 5.15. The van der Waals surface area contributed by atoms with Gasteiger partial charge in [0.2, 0.25) is 0 Å². The van der Waals surface area contributed by atoms with Crippen LogP contribution in [0.3, 0.4) is 0 Å². The molecule has 0 aliphatic heterocycles. The van der Waals surface area contributed by atoms with Gasteiger partial charge in [-0.25, -0.2) is 18.1 Å². The number of anilines is 2. The second kappa shape index (κ2) is 7.67. The SMILES string of the molecule is Cn1ncc2cccc(NS(=O)(=O)c3cnn(-c4cc(NC(C)(C)CO)ccn4)c3)c21. The molecule has 4 aromatic rings. The van der Waals surface area contributed by atoms with Gasteiger partial charge in [-0.15, -0.1) is 0 Å². The highest BCUT2D eigenvalue weighted by Crippen LogP contribution is 2.25. The van der Waals surface area contributed by atoms with Crippen LogP contribution in [-0.4, -0.2) is 50.2 Å². The van der Waals surface area contributed by atoms with Crippen LogP contribution < -0.4 is 10.0 Å². The Morgan fingerprint density at radius 1 is 1.16 bits per heavy atom. The van der Waals surface area contributed by atoms with Crippen molar-refractivity contribution < 1.29 is 13.5 Å². The molecule has 11 heteroatoms. The number of aliphatic hydroxyl groups excluding tert-OH is 1. The zero-order chi connectivity index (χ0) is 22.2. The third-order valence-electron chi connectivity index (χ3n) is 4.73. The Morgan fingerprint density at radius 2 is 1.97 bits per heavy atom. The quantitative estimate of drug-likeness (QED) is 0.401. The lowest BCUT2D eigenvalue weighted by molar-refractivity contribution is 0.234. The summed E-state index contributed by atoms with van der Waals surface area (Å²) >= 11 is 0. The standard InChI is InChI=1S/C20H23N7O3S/c1-20(2,13-28)24-15-7-8-21-18(9-15)27-12-16(11-23-27)31(29,30)25-17-6-4-5-14-10-22-26(3)19(14)17/h4-12,25,28H,13H2,1-3H3,(H,21,24). The first-order chi connectivity index (χ1) is 14.7. The molecule has 0 radical (unpaired) electrons. The molecule has 0 atom stereocenters. The van der Waals surface area contributed by atoms with E-state index in [1.165, 1.54) is 17.1 Å². The molecule has 162 valence electrons. The molecule has 0 amide bonds. The van der Waals surface area contributed by atoms with Gasteiger partial charge in [-0.3, -0.25) is 9.40 Å². The Hall–Kier alpha value is -3.44. The Bertz CT molecular complexity index is 1340. The van der Waals surface area contributed by atoms with Crippen molar-refractivity contribution in [2.24, 2.45) is 7.05 Å². The molecule has 1 aromatic carbocycles. The van der Waals surface area contributed by atoms with E-state index >= 15 is 0 Å². The number of nitrogens with one attached hydrogen (secondary N) is 2. The number of aliphatic hydroxyl groups is 1. The number of hydrogen-bond donors (Lipinski definition) is 3. The van der Waals surface area contributed by atoms with Gasteiger partial charge in [0.15, 0.2) is 5.82 Å². The fraction of sp³-hybridized carbons (Fsp3) is 0.250. The number of sulfonamides is 1. The molecular weight excluding hydrogens is 418 g/mol. The number of hydrogen-bond acceptors (Lipinski definition) is 7. The van der Waals surface area contributed by atoms with Crippen molar-refractivity contribution in [3.63, 3.8) is 0 Å². The first-order valence-electron chi connectivity index (χ1n) is 9.52. The number of para-hydroxylation sites is 1. The van der Waals surface area contributed by atoms with Crippen LogP contribution >= 0.6 is 0 Å². The summed E-state index contributed by atoms with van der Waals surface area (Å²) in [5.74, 6) is 0.439. The summed E-state index contributed by atoms with van der Waals surface area (Å²) in [6, 6.07) is 8.80. The minimum absolute atomic E-state index is 0.00233. The van der Waals surface area contributed by atoms with E-state index in [1.807, 2.05) is 19.9 Å². The second-order valence-electron chi connectivity index (χ2n) is 7.81. The Morgan fingerprint density at radius 3 is 2.74 bits per heavy atom. The lowest BCUT2D eigenvalue weighted by Gasteiger charge is -2.25. The van der Waals surface area contributed by atoms with E-state index in [2.05, 4.69) is 25.2 Å². The molecular formula is C20H23N7O3S. The van der Waals surface area contributed by atoms with Crippen LogP contribution in [-0.2, 0) is 17.1 Å². The highest BCUT2D eigenvalue weighted by atomic mass is 32.2. The van der Waals surface area contributed by atoms with Crippen LogP contribution in [0.25, 0.3) is 16.7 Å². The number of rotatable bonds is 7. The molecule has 3 N–H and O–H groups in total. The Balaban J connectivity index is 1.62. The summed E-state index contributed by atoms with van der Waals surface area (Å²) in [6.45, 7) is 3.67. The molecule has 0 fully saturated rings. The van der Waals surface area contributed by atoms with Gasteiger partial charge in [-0.1, -0.05) is 12.1 Å². The van der Waals surface area contributed by atoms with E-state index < -0.39 is 15.6 Å². The molecule has 3 aromatic heterocycles. The largest absolute Gasteiger partial charge is 0.394 e. The average Bonchev–Trinajstić information content (AvgIpc) is 3.36. The summed E-state index contributed by atoms with van der Waals surface area (Å²) in [6.07, 6.45) is 5.93. The molecule has 4 rings (SSSR count). The molecule has 0 aliphatic rings. The van der Waals surface area contributed by atoms with Crippen molar-refractivity contribution >= 4 is 32.3 Å². The third-order valence-corrected chi connectivity index (χ3v) is 6.05. The number of fused-ring (bicyclic) bond motifs is 1. The molecule has 0 unspecified atom stereocenters. The maximum Gasteiger partial charge on any atom is 0.265 e. The highest BCUT2D eigenvalue weighted by molar-refractivity contribution is 7.92. The summed E-state index contributed by atoms with van der Waals surface area (Å²) in [5.41, 5.74) is 1.32. The van der Waals surface area contributed by atoms with Crippen molar-refractivity contribution in [1.82, 2.24) is 24.5 Å². The minimum Gasteiger partial charge on any atom is -0.394 e. The summed E-state index contributed by atoms with van der Waals surface area (Å²) in [5, 5.41) is 21.8. The van der Waals surface area contributed by atoms with E-state index in [9.17, 15) is 13.5 Å². The van der Waals surface area contributed by atoms with Gasteiger partial charge in [0.05, 0.1) is 41.9 Å². The molecule has 0 aliphatic carbocycles. The second-order valence-corrected chi connectivity index (χ2v) is 9.49. The average molecular weight is 442 g/mol. The zero-order valence-corrected chi connectivity index (χ0v) is 18.1. The van der Waals surface area contributed by atoms with Crippen molar-refractivity contribution in [2.45, 2.75) is 24.3 Å². The van der Waals surface area contributed by atoms with Gasteiger partial charge in [0.25, 0.3) is 10.0 Å². The van der Waals surface area contributed by atoms with Gasteiger partial charge < -0.3 is 10.4 Å². The number of pyridine rings is 1. The summed E-state index contributed by atoms with van der Waals surface area (Å²) < 4.78 is 31.5. The molecule has 10 nitrogen and oxygen atoms in total. The van der Waals surface area contributed by atoms with Crippen LogP contribution in [0.15, 0.2) is 60.0 Å². The summed E-state index contributed by atoms with van der Waals surface area (Å²) in [4.78, 5) is 4.26. The molecule has 0 saturated carbocycles. The smallest absolute Gasteiger partial charge is 0.265 e. The Labute approximate surface area is 179 Å². The monoisotopic (exact) mass is 441 g/mol. The maximum absolute atomic E-state index is 13.0. The third kappa shape index (κ3) is 4.23. The van der Waals surface area contributed by atoms with Crippen molar-refractivity contribution in [3.8, 4) is 5.82 Å². The highest BCUT2D eigenvalue weighted by Gasteiger charge is 2.20. The van der Waals surface area contributed by atoms with Crippen molar-refractivity contribution in [1.29, 1.82) is 0 Å². The van der Waals surface area contributed by atoms with Crippen molar-refractivity contribution in [3.05, 3.63) is 55.1 Å².